The highest BCUT2D eigenvalue weighted by atomic mass is 16.5. The van der Waals surface area contributed by atoms with Crippen molar-refractivity contribution in [3.8, 4) is 23.0 Å². The van der Waals surface area contributed by atoms with Gasteiger partial charge in [-0.1, -0.05) is 69.7 Å². The van der Waals surface area contributed by atoms with Crippen LogP contribution in [0.4, 0.5) is 0 Å². The zero-order valence-electron chi connectivity index (χ0n) is 22.0. The second kappa shape index (κ2) is 11.1. The monoisotopic (exact) mass is 500 g/mol. The lowest BCUT2D eigenvalue weighted by Crippen LogP contribution is -2.57. The van der Waals surface area contributed by atoms with E-state index < -0.39 is 5.60 Å². The normalized spacial score (nSPS) is 23.6. The first-order valence-corrected chi connectivity index (χ1v) is 13.9. The first-order chi connectivity index (χ1) is 18.2. The second-order valence-corrected chi connectivity index (χ2v) is 10.6. The van der Waals surface area contributed by atoms with Crippen LogP contribution in [0.15, 0.2) is 74.4 Å². The van der Waals surface area contributed by atoms with Gasteiger partial charge in [0.25, 0.3) is 0 Å². The quantitative estimate of drug-likeness (QED) is 0.309. The van der Waals surface area contributed by atoms with E-state index in [0.29, 0.717) is 25.7 Å². The highest BCUT2D eigenvalue weighted by Crippen LogP contribution is 2.64. The average Bonchev–Trinajstić information content (AvgIpc) is 2.94. The third-order valence-electron chi connectivity index (χ3n) is 8.55. The van der Waals surface area contributed by atoms with E-state index >= 15 is 0 Å². The summed E-state index contributed by atoms with van der Waals surface area (Å²) in [6, 6.07) is 12.7. The molecule has 3 aliphatic rings. The van der Waals surface area contributed by atoms with Gasteiger partial charge < -0.3 is 18.9 Å². The molecule has 0 amide bonds. The van der Waals surface area contributed by atoms with E-state index in [0.717, 1.165) is 47.8 Å². The molecule has 196 valence electrons. The fourth-order valence-electron chi connectivity index (χ4n) is 7.16. The molecule has 0 saturated heterocycles. The van der Waals surface area contributed by atoms with E-state index in [4.69, 9.17) is 18.9 Å². The van der Waals surface area contributed by atoms with E-state index in [1.807, 2.05) is 6.07 Å². The average molecular weight is 501 g/mol. The maximum Gasteiger partial charge on any atom is 0.141 e. The minimum Gasteiger partial charge on any atom is -0.489 e. The van der Waals surface area contributed by atoms with Crippen molar-refractivity contribution in [1.29, 1.82) is 0 Å². The topological polar surface area (TPSA) is 36.9 Å². The second-order valence-electron chi connectivity index (χ2n) is 10.6. The molecule has 0 aromatic heterocycles. The van der Waals surface area contributed by atoms with E-state index in [-0.39, 0.29) is 5.41 Å². The SMILES string of the molecule is C=CCOc1ccc2c(c1)O[C@@]1(c3ccc(OCC=C)cc3OCC=C)CCCC[C@@H]1C21CCCCC1. The molecule has 0 N–H and O–H groups in total. The van der Waals surface area contributed by atoms with Crippen LogP contribution >= 0.6 is 0 Å². The van der Waals surface area contributed by atoms with Crippen LogP contribution in [0.3, 0.4) is 0 Å². The fourth-order valence-corrected chi connectivity index (χ4v) is 7.16. The predicted octanol–water partition coefficient (Wildman–Crippen LogP) is 8.06. The van der Waals surface area contributed by atoms with Crippen LogP contribution in [0.5, 0.6) is 23.0 Å². The van der Waals surface area contributed by atoms with Crippen molar-refractivity contribution in [1.82, 2.24) is 0 Å². The van der Waals surface area contributed by atoms with Crippen LogP contribution < -0.4 is 18.9 Å². The molecule has 0 radical (unpaired) electrons. The number of fused-ring (bicyclic) bond motifs is 4. The number of hydrogen-bond donors (Lipinski definition) is 0. The third-order valence-corrected chi connectivity index (χ3v) is 8.55. The van der Waals surface area contributed by atoms with Gasteiger partial charge in [-0.05, 0) is 50.3 Å². The highest BCUT2D eigenvalue weighted by molar-refractivity contribution is 5.53. The summed E-state index contributed by atoms with van der Waals surface area (Å²) >= 11 is 0. The van der Waals surface area contributed by atoms with Crippen LogP contribution in [-0.2, 0) is 11.0 Å². The molecule has 2 aromatic rings. The molecule has 1 spiro atoms. The minimum atomic E-state index is -0.465. The van der Waals surface area contributed by atoms with Gasteiger partial charge in [0.2, 0.25) is 0 Å². The zero-order valence-corrected chi connectivity index (χ0v) is 22.0. The molecule has 0 bridgehead atoms. The van der Waals surface area contributed by atoms with Gasteiger partial charge in [-0.3, -0.25) is 0 Å². The Kier molecular flexibility index (Phi) is 7.64. The van der Waals surface area contributed by atoms with Crippen LogP contribution in [0.1, 0.15) is 68.9 Å². The van der Waals surface area contributed by atoms with Gasteiger partial charge in [-0.25, -0.2) is 0 Å². The van der Waals surface area contributed by atoms with E-state index in [2.05, 4.69) is 50.1 Å². The highest BCUT2D eigenvalue weighted by Gasteiger charge is 2.59. The number of benzene rings is 2. The number of ether oxygens (including phenoxy) is 4. The Balaban J connectivity index is 1.67. The summed E-state index contributed by atoms with van der Waals surface area (Å²) in [5.74, 6) is 3.76. The Morgan fingerprint density at radius 2 is 1.35 bits per heavy atom. The Morgan fingerprint density at radius 3 is 2.05 bits per heavy atom. The fraction of sp³-hybridized carbons (Fsp3) is 0.455. The van der Waals surface area contributed by atoms with E-state index in [9.17, 15) is 0 Å². The van der Waals surface area contributed by atoms with Crippen LogP contribution in [-0.4, -0.2) is 19.8 Å². The summed E-state index contributed by atoms with van der Waals surface area (Å²) in [4.78, 5) is 0. The summed E-state index contributed by atoms with van der Waals surface area (Å²) in [6.45, 7) is 12.8. The number of hydrogen-bond acceptors (Lipinski definition) is 4. The van der Waals surface area contributed by atoms with Gasteiger partial charge in [0.15, 0.2) is 0 Å². The molecule has 4 heteroatoms. The summed E-state index contributed by atoms with van der Waals surface area (Å²) in [5, 5.41) is 0. The summed E-state index contributed by atoms with van der Waals surface area (Å²) in [5.41, 5.74) is 2.11. The van der Waals surface area contributed by atoms with Gasteiger partial charge >= 0.3 is 0 Å². The molecule has 2 fully saturated rings. The zero-order chi connectivity index (χ0) is 25.7. The molecular weight excluding hydrogens is 460 g/mol. The molecule has 2 atom stereocenters. The molecule has 4 nitrogen and oxygen atoms in total. The molecular formula is C33H40O4. The molecule has 1 heterocycles. The molecule has 0 unspecified atom stereocenters. The Morgan fingerprint density at radius 1 is 0.730 bits per heavy atom. The van der Waals surface area contributed by atoms with Crippen molar-refractivity contribution in [3.63, 3.8) is 0 Å². The van der Waals surface area contributed by atoms with Gasteiger partial charge in [0, 0.05) is 34.6 Å². The van der Waals surface area contributed by atoms with Crippen molar-refractivity contribution in [2.24, 2.45) is 5.92 Å². The van der Waals surface area contributed by atoms with Crippen molar-refractivity contribution in [2.45, 2.75) is 68.8 Å². The van der Waals surface area contributed by atoms with Crippen molar-refractivity contribution in [3.05, 3.63) is 85.5 Å². The van der Waals surface area contributed by atoms with Gasteiger partial charge in [0.1, 0.15) is 48.4 Å². The maximum atomic E-state index is 7.23. The number of rotatable bonds is 10. The summed E-state index contributed by atoms with van der Waals surface area (Å²) < 4.78 is 25.4. The Hall–Kier alpha value is -3.14. The molecule has 1 aliphatic heterocycles. The lowest BCUT2D eigenvalue weighted by molar-refractivity contribution is -0.0961. The standard InChI is InChI=1S/C33H40O4/c1-4-20-34-25-14-16-28(29(23-25)36-22-6-3)33-19-11-8-12-31(33)32(17-9-7-10-18-32)27-15-13-26(35-21-5-2)24-30(27)37-33/h4-6,13-16,23-24,31H,1-3,7-12,17-22H2/t31-,33-/m1/s1. The first kappa shape index (κ1) is 25.5. The first-order valence-electron chi connectivity index (χ1n) is 13.9. The third kappa shape index (κ3) is 4.67. The summed E-state index contributed by atoms with van der Waals surface area (Å²) in [6.07, 6.45) is 16.0. The van der Waals surface area contributed by atoms with Crippen LogP contribution in [0, 0.1) is 5.92 Å². The molecule has 2 aliphatic carbocycles. The van der Waals surface area contributed by atoms with Crippen LogP contribution in [0.25, 0.3) is 0 Å². The lowest BCUT2D eigenvalue weighted by Gasteiger charge is -2.58. The van der Waals surface area contributed by atoms with Gasteiger partial charge in [-0.2, -0.15) is 0 Å². The largest absolute Gasteiger partial charge is 0.489 e. The minimum absolute atomic E-state index is 0.0942. The van der Waals surface area contributed by atoms with Crippen LogP contribution in [0.2, 0.25) is 0 Å². The Bertz CT molecular complexity index is 1130. The Labute approximate surface area is 222 Å². The molecule has 37 heavy (non-hydrogen) atoms. The molecule has 5 rings (SSSR count). The smallest absolute Gasteiger partial charge is 0.141 e. The summed E-state index contributed by atoms with van der Waals surface area (Å²) in [7, 11) is 0. The van der Waals surface area contributed by atoms with E-state index in [1.54, 1.807) is 18.2 Å². The van der Waals surface area contributed by atoms with Gasteiger partial charge in [-0.15, -0.1) is 0 Å². The molecule has 2 saturated carbocycles. The maximum absolute atomic E-state index is 7.23. The molecule has 2 aromatic carbocycles. The van der Waals surface area contributed by atoms with Crippen molar-refractivity contribution < 1.29 is 18.9 Å². The van der Waals surface area contributed by atoms with Crippen molar-refractivity contribution >= 4 is 0 Å². The van der Waals surface area contributed by atoms with E-state index in [1.165, 1.54) is 44.1 Å². The van der Waals surface area contributed by atoms with Gasteiger partial charge in [0.05, 0.1) is 0 Å². The lowest BCUT2D eigenvalue weighted by atomic mass is 9.51. The van der Waals surface area contributed by atoms with Crippen molar-refractivity contribution in [2.75, 3.05) is 19.8 Å². The predicted molar refractivity (Wildman–Crippen MR) is 149 cm³/mol.